The number of ether oxygens (including phenoxy) is 8. The van der Waals surface area contributed by atoms with Crippen molar-refractivity contribution in [2.75, 3.05) is 55.9 Å². The number of aromatic hydroxyl groups is 2. The predicted octanol–water partition coefficient (Wildman–Crippen LogP) is 6.09. The minimum Gasteiger partial charge on any atom is -0.504 e. The summed E-state index contributed by atoms with van der Waals surface area (Å²) in [5.41, 5.74) is 3.20. The molecule has 0 amide bonds. The Bertz CT molecular complexity index is 1690. The fourth-order valence-electron chi connectivity index (χ4n) is 6.23. The molecule has 0 saturated heterocycles. The second-order valence-corrected chi connectivity index (χ2v) is 12.2. The summed E-state index contributed by atoms with van der Waals surface area (Å²) in [6.07, 6.45) is 2.25. The van der Waals surface area contributed by atoms with Crippen molar-refractivity contribution in [1.29, 1.82) is 0 Å². The molecule has 0 fully saturated rings. The quantitative estimate of drug-likeness (QED) is 0.0787. The van der Waals surface area contributed by atoms with Gasteiger partial charge in [-0.1, -0.05) is 12.1 Å². The molecule has 0 aromatic heterocycles. The number of aliphatic hydroxyl groups excluding tert-OH is 2. The van der Waals surface area contributed by atoms with Crippen LogP contribution in [0.15, 0.2) is 60.7 Å². The maximum atomic E-state index is 10.9. The van der Waals surface area contributed by atoms with Crippen molar-refractivity contribution < 1.29 is 58.3 Å². The molecule has 0 radical (unpaired) electrons. The molecule has 282 valence electrons. The molecule has 12 heteroatoms. The highest BCUT2D eigenvalue weighted by molar-refractivity contribution is 5.55. The lowest BCUT2D eigenvalue weighted by atomic mass is 9.80. The van der Waals surface area contributed by atoms with E-state index in [1.54, 1.807) is 62.8 Å². The molecule has 4 aromatic carbocycles. The van der Waals surface area contributed by atoms with Crippen LogP contribution in [-0.2, 0) is 26.1 Å². The molecule has 0 unspecified atom stereocenters. The molecular formula is C40H50O12. The first-order valence-electron chi connectivity index (χ1n) is 16.9. The standard InChI is InChI=1S/C40H50O12/c1-45-35-18-27(19-36(46-2)39(35)49-5)23-51-33-11-9-25(16-31(33)43)14-29(8-7-13-41)30(22-42)15-26-10-12-34(32(44)17-26)52-24-28-20-37(47-3)40(50-6)38(21-28)48-4/h9-12,16-21,29-30,41-44H,7-8,13-15,22-24H2,1-6H3/t29-,30+/m0/s1. The maximum Gasteiger partial charge on any atom is 0.203 e. The van der Waals surface area contributed by atoms with Gasteiger partial charge in [-0.25, -0.2) is 0 Å². The zero-order chi connectivity index (χ0) is 37.6. The van der Waals surface area contributed by atoms with Crippen LogP contribution in [0.5, 0.6) is 57.5 Å². The van der Waals surface area contributed by atoms with E-state index >= 15 is 0 Å². The fourth-order valence-corrected chi connectivity index (χ4v) is 6.23. The number of methoxy groups -OCH3 is 6. The van der Waals surface area contributed by atoms with Crippen molar-refractivity contribution >= 4 is 0 Å². The average molecular weight is 723 g/mol. The van der Waals surface area contributed by atoms with Gasteiger partial charge in [0, 0.05) is 13.2 Å². The molecule has 2 atom stereocenters. The Morgan fingerprint density at radius 1 is 0.481 bits per heavy atom. The van der Waals surface area contributed by atoms with E-state index in [2.05, 4.69) is 0 Å². The zero-order valence-electron chi connectivity index (χ0n) is 30.6. The molecule has 0 saturated carbocycles. The van der Waals surface area contributed by atoms with E-state index in [0.717, 1.165) is 22.3 Å². The number of phenolic OH excluding ortho intramolecular Hbond substituents is 2. The SMILES string of the molecule is COc1cc(COc2ccc(C[C@H](CO)[C@@H](CCCO)Cc3ccc(OCc4cc(OC)c(OC)c(OC)c4)c(O)c3)cc2O)cc(OC)c1OC. The summed E-state index contributed by atoms with van der Waals surface area (Å²) >= 11 is 0. The highest BCUT2D eigenvalue weighted by Gasteiger charge is 2.23. The molecule has 52 heavy (non-hydrogen) atoms. The van der Waals surface area contributed by atoms with Gasteiger partial charge in [-0.3, -0.25) is 0 Å². The van der Waals surface area contributed by atoms with Crippen LogP contribution >= 0.6 is 0 Å². The van der Waals surface area contributed by atoms with Crippen LogP contribution in [-0.4, -0.2) is 76.3 Å². The Kier molecular flexibility index (Phi) is 14.8. The lowest BCUT2D eigenvalue weighted by molar-refractivity contribution is 0.158. The van der Waals surface area contributed by atoms with E-state index in [4.69, 9.17) is 37.9 Å². The minimum atomic E-state index is -0.185. The van der Waals surface area contributed by atoms with Gasteiger partial charge in [-0.2, -0.15) is 0 Å². The van der Waals surface area contributed by atoms with Gasteiger partial charge in [-0.15, -0.1) is 0 Å². The Balaban J connectivity index is 1.43. The third-order valence-electron chi connectivity index (χ3n) is 8.91. The number of hydrogen-bond donors (Lipinski definition) is 4. The zero-order valence-corrected chi connectivity index (χ0v) is 30.6. The van der Waals surface area contributed by atoms with Crippen molar-refractivity contribution in [3.63, 3.8) is 0 Å². The Labute approximate surface area is 305 Å². The fraction of sp³-hybridized carbons (Fsp3) is 0.400. The monoisotopic (exact) mass is 722 g/mol. The first-order chi connectivity index (χ1) is 25.2. The Morgan fingerprint density at radius 3 is 1.21 bits per heavy atom. The van der Waals surface area contributed by atoms with E-state index < -0.39 is 0 Å². The van der Waals surface area contributed by atoms with Crippen molar-refractivity contribution in [2.45, 2.75) is 38.9 Å². The van der Waals surface area contributed by atoms with Gasteiger partial charge in [0.2, 0.25) is 11.5 Å². The third kappa shape index (κ3) is 9.98. The molecule has 0 aliphatic carbocycles. The molecule has 4 rings (SSSR count). The second kappa shape index (κ2) is 19.4. The smallest absolute Gasteiger partial charge is 0.203 e. The lowest BCUT2D eigenvalue weighted by Crippen LogP contribution is -2.23. The number of rotatable bonds is 21. The van der Waals surface area contributed by atoms with Crippen LogP contribution in [0.4, 0.5) is 0 Å². The molecule has 4 aromatic rings. The van der Waals surface area contributed by atoms with Crippen LogP contribution in [0.25, 0.3) is 0 Å². The number of phenols is 2. The summed E-state index contributed by atoms with van der Waals surface area (Å²) in [5.74, 6) is 3.31. The maximum absolute atomic E-state index is 10.9. The molecule has 0 bridgehead atoms. The second-order valence-electron chi connectivity index (χ2n) is 12.2. The highest BCUT2D eigenvalue weighted by atomic mass is 16.5. The molecule has 0 spiro atoms. The van der Waals surface area contributed by atoms with Gasteiger partial charge in [-0.05, 0) is 108 Å². The van der Waals surface area contributed by atoms with Crippen molar-refractivity contribution in [3.8, 4) is 57.5 Å². The van der Waals surface area contributed by atoms with Gasteiger partial charge in [0.1, 0.15) is 13.2 Å². The number of aliphatic hydroxyl groups is 2. The largest absolute Gasteiger partial charge is 0.504 e. The molecule has 12 nitrogen and oxygen atoms in total. The molecule has 4 N–H and O–H groups in total. The van der Waals surface area contributed by atoms with E-state index in [9.17, 15) is 20.4 Å². The van der Waals surface area contributed by atoms with Gasteiger partial charge in [0.05, 0.1) is 42.7 Å². The van der Waals surface area contributed by atoms with Gasteiger partial charge in [0.15, 0.2) is 46.0 Å². The summed E-state index contributed by atoms with van der Waals surface area (Å²) < 4.78 is 44.3. The number of benzene rings is 4. The summed E-state index contributed by atoms with van der Waals surface area (Å²) in [5, 5.41) is 41.9. The summed E-state index contributed by atoms with van der Waals surface area (Å²) in [7, 11) is 9.23. The normalized spacial score (nSPS) is 12.1. The summed E-state index contributed by atoms with van der Waals surface area (Å²) in [6, 6.07) is 17.6. The summed E-state index contributed by atoms with van der Waals surface area (Å²) in [4.78, 5) is 0. The average Bonchev–Trinajstić information content (AvgIpc) is 3.16. The van der Waals surface area contributed by atoms with E-state index in [-0.39, 0.29) is 49.8 Å². The highest BCUT2D eigenvalue weighted by Crippen LogP contribution is 2.40. The van der Waals surface area contributed by atoms with Crippen LogP contribution in [0.3, 0.4) is 0 Å². The van der Waals surface area contributed by atoms with Crippen molar-refractivity contribution in [3.05, 3.63) is 82.9 Å². The van der Waals surface area contributed by atoms with Crippen LogP contribution < -0.4 is 37.9 Å². The van der Waals surface area contributed by atoms with Crippen LogP contribution in [0.1, 0.15) is 35.1 Å². The Hall–Kier alpha value is -5.20. The topological polar surface area (TPSA) is 155 Å². The minimum absolute atomic E-state index is 0.0153. The van der Waals surface area contributed by atoms with E-state index in [1.807, 2.05) is 12.1 Å². The van der Waals surface area contributed by atoms with Crippen molar-refractivity contribution in [2.24, 2.45) is 11.8 Å². The third-order valence-corrected chi connectivity index (χ3v) is 8.91. The van der Waals surface area contributed by atoms with Gasteiger partial charge < -0.3 is 58.3 Å². The molecular weight excluding hydrogens is 672 g/mol. The first-order valence-corrected chi connectivity index (χ1v) is 16.9. The van der Waals surface area contributed by atoms with Gasteiger partial charge in [0.25, 0.3) is 0 Å². The Morgan fingerprint density at radius 2 is 0.885 bits per heavy atom. The van der Waals surface area contributed by atoms with E-state index in [1.165, 1.54) is 28.4 Å². The molecule has 0 aliphatic heterocycles. The van der Waals surface area contributed by atoms with Crippen LogP contribution in [0, 0.1) is 11.8 Å². The predicted molar refractivity (Wildman–Crippen MR) is 195 cm³/mol. The number of hydrogen-bond acceptors (Lipinski definition) is 12. The molecule has 0 aliphatic rings. The lowest BCUT2D eigenvalue weighted by Gasteiger charge is -2.26. The van der Waals surface area contributed by atoms with E-state index in [0.29, 0.717) is 71.7 Å². The first kappa shape index (κ1) is 39.6. The summed E-state index contributed by atoms with van der Waals surface area (Å²) in [6.45, 7) is 0.218. The molecule has 0 heterocycles. The van der Waals surface area contributed by atoms with Crippen molar-refractivity contribution in [1.82, 2.24) is 0 Å². The van der Waals surface area contributed by atoms with Gasteiger partial charge >= 0.3 is 0 Å². The van der Waals surface area contributed by atoms with Crippen LogP contribution in [0.2, 0.25) is 0 Å².